The van der Waals surface area contributed by atoms with Crippen molar-refractivity contribution in [1.29, 1.82) is 0 Å². The van der Waals surface area contributed by atoms with Gasteiger partial charge in [0.1, 0.15) is 0 Å². The number of esters is 1. The Morgan fingerprint density at radius 3 is 2.27 bits per heavy atom. The summed E-state index contributed by atoms with van der Waals surface area (Å²) in [6.45, 7) is 0. The molecule has 6 heteroatoms. The van der Waals surface area contributed by atoms with Crippen LogP contribution in [0.4, 0.5) is 0 Å². The molecule has 0 aromatic carbocycles. The zero-order valence-electron chi connectivity index (χ0n) is 8.68. The second-order valence-electron chi connectivity index (χ2n) is 3.99. The smallest absolute Gasteiger partial charge is 0.308 e. The van der Waals surface area contributed by atoms with Gasteiger partial charge in [0.2, 0.25) is 0 Å². The van der Waals surface area contributed by atoms with Gasteiger partial charge in [-0.25, -0.2) is 0 Å². The highest BCUT2D eigenvalue weighted by molar-refractivity contribution is 7.85. The molecule has 0 bridgehead atoms. The van der Waals surface area contributed by atoms with Crippen molar-refractivity contribution in [2.24, 2.45) is 11.8 Å². The van der Waals surface area contributed by atoms with E-state index in [2.05, 4.69) is 4.74 Å². The molecule has 0 amide bonds. The third kappa shape index (κ3) is 4.17. The van der Waals surface area contributed by atoms with E-state index in [4.69, 9.17) is 4.55 Å². The summed E-state index contributed by atoms with van der Waals surface area (Å²) in [4.78, 5) is 11.2. The lowest BCUT2D eigenvalue weighted by molar-refractivity contribution is -0.146. The first-order chi connectivity index (χ1) is 6.92. The molecule has 0 aromatic rings. The minimum atomic E-state index is -3.88. The number of methoxy groups -OCH3 is 1. The molecule has 0 radical (unpaired) electrons. The SMILES string of the molecule is COC(=O)C1CCC(CS(=O)(=O)O)CC1. The van der Waals surface area contributed by atoms with Crippen LogP contribution in [0.2, 0.25) is 0 Å². The number of rotatable bonds is 3. The maximum atomic E-state index is 11.2. The average Bonchev–Trinajstić information content (AvgIpc) is 2.15. The summed E-state index contributed by atoms with van der Waals surface area (Å²) in [5, 5.41) is 0. The Labute approximate surface area is 89.6 Å². The molecule has 0 saturated heterocycles. The third-order valence-electron chi connectivity index (χ3n) is 2.83. The summed E-state index contributed by atoms with van der Waals surface area (Å²) in [5.41, 5.74) is 0. The van der Waals surface area contributed by atoms with Crippen LogP contribution in [-0.4, -0.2) is 31.8 Å². The van der Waals surface area contributed by atoms with Gasteiger partial charge in [-0.15, -0.1) is 0 Å². The quantitative estimate of drug-likeness (QED) is 0.580. The molecule has 1 rings (SSSR count). The van der Waals surface area contributed by atoms with Crippen molar-refractivity contribution in [2.75, 3.05) is 12.9 Å². The second-order valence-corrected chi connectivity index (χ2v) is 5.49. The van der Waals surface area contributed by atoms with Gasteiger partial charge < -0.3 is 4.74 Å². The van der Waals surface area contributed by atoms with Crippen LogP contribution in [-0.2, 0) is 19.6 Å². The summed E-state index contributed by atoms with van der Waals surface area (Å²) in [5.74, 6) is -0.546. The molecule has 0 unspecified atom stereocenters. The first kappa shape index (κ1) is 12.4. The van der Waals surface area contributed by atoms with Crippen LogP contribution in [0.3, 0.4) is 0 Å². The fraction of sp³-hybridized carbons (Fsp3) is 0.889. The van der Waals surface area contributed by atoms with Gasteiger partial charge in [0, 0.05) is 0 Å². The fourth-order valence-corrected chi connectivity index (χ4v) is 2.96. The number of hydrogen-bond acceptors (Lipinski definition) is 4. The molecule has 1 N–H and O–H groups in total. The van der Waals surface area contributed by atoms with Gasteiger partial charge in [0.25, 0.3) is 10.1 Å². The fourth-order valence-electron chi connectivity index (χ4n) is 2.03. The van der Waals surface area contributed by atoms with E-state index >= 15 is 0 Å². The molecular weight excluding hydrogens is 220 g/mol. The highest BCUT2D eigenvalue weighted by atomic mass is 32.2. The van der Waals surface area contributed by atoms with E-state index in [9.17, 15) is 13.2 Å². The van der Waals surface area contributed by atoms with Crippen LogP contribution in [0, 0.1) is 11.8 Å². The van der Waals surface area contributed by atoms with E-state index in [1.807, 2.05) is 0 Å². The Balaban J connectivity index is 2.39. The highest BCUT2D eigenvalue weighted by Gasteiger charge is 2.28. The molecular formula is C9H16O5S. The lowest BCUT2D eigenvalue weighted by Crippen LogP contribution is -2.26. The van der Waals surface area contributed by atoms with Crippen LogP contribution in [0.1, 0.15) is 25.7 Å². The van der Waals surface area contributed by atoms with Crippen molar-refractivity contribution in [3.05, 3.63) is 0 Å². The van der Waals surface area contributed by atoms with E-state index in [-0.39, 0.29) is 23.6 Å². The van der Waals surface area contributed by atoms with Gasteiger partial charge >= 0.3 is 5.97 Å². The normalized spacial score (nSPS) is 27.3. The molecule has 5 nitrogen and oxygen atoms in total. The maximum Gasteiger partial charge on any atom is 0.308 e. The Morgan fingerprint density at radius 2 is 1.87 bits per heavy atom. The van der Waals surface area contributed by atoms with Crippen LogP contribution >= 0.6 is 0 Å². The minimum absolute atomic E-state index is 0.0269. The molecule has 1 aliphatic carbocycles. The monoisotopic (exact) mass is 236 g/mol. The number of carbonyl (C=O) groups excluding carboxylic acids is 1. The van der Waals surface area contributed by atoms with E-state index in [0.29, 0.717) is 25.7 Å². The molecule has 1 saturated carbocycles. The standard InChI is InChI=1S/C9H16O5S/c1-14-9(10)8-4-2-7(3-5-8)6-15(11,12)13/h7-8H,2-6H2,1H3,(H,11,12,13). The van der Waals surface area contributed by atoms with Crippen LogP contribution in [0.5, 0.6) is 0 Å². The summed E-state index contributed by atoms with van der Waals surface area (Å²) < 4.78 is 34.6. The molecule has 0 heterocycles. The summed E-state index contributed by atoms with van der Waals surface area (Å²) in [6.07, 6.45) is 2.60. The Bertz CT molecular complexity index is 313. The van der Waals surface area contributed by atoms with Crippen LogP contribution in [0.25, 0.3) is 0 Å². The predicted molar refractivity (Wildman–Crippen MR) is 53.9 cm³/mol. The molecule has 88 valence electrons. The summed E-state index contributed by atoms with van der Waals surface area (Å²) in [7, 11) is -2.53. The van der Waals surface area contributed by atoms with Crippen molar-refractivity contribution in [3.8, 4) is 0 Å². The Hall–Kier alpha value is -0.620. The molecule has 1 fully saturated rings. The lowest BCUT2D eigenvalue weighted by atomic mass is 9.83. The van der Waals surface area contributed by atoms with Crippen molar-refractivity contribution in [3.63, 3.8) is 0 Å². The van der Waals surface area contributed by atoms with Gasteiger partial charge in [-0.2, -0.15) is 8.42 Å². The number of ether oxygens (including phenoxy) is 1. The van der Waals surface area contributed by atoms with Gasteiger partial charge in [0.05, 0.1) is 18.8 Å². The average molecular weight is 236 g/mol. The van der Waals surface area contributed by atoms with Crippen LogP contribution < -0.4 is 0 Å². The maximum absolute atomic E-state index is 11.2. The van der Waals surface area contributed by atoms with Crippen molar-refractivity contribution < 1.29 is 22.5 Å². The Morgan fingerprint density at radius 1 is 1.33 bits per heavy atom. The lowest BCUT2D eigenvalue weighted by Gasteiger charge is -2.25. The predicted octanol–water partition coefficient (Wildman–Crippen LogP) is 0.854. The molecule has 0 aromatic heterocycles. The van der Waals surface area contributed by atoms with E-state index in [1.165, 1.54) is 7.11 Å². The topological polar surface area (TPSA) is 80.7 Å². The van der Waals surface area contributed by atoms with Crippen LogP contribution in [0.15, 0.2) is 0 Å². The van der Waals surface area contributed by atoms with E-state index in [1.54, 1.807) is 0 Å². The first-order valence-electron chi connectivity index (χ1n) is 4.95. The molecule has 0 atom stereocenters. The number of carbonyl (C=O) groups is 1. The zero-order chi connectivity index (χ0) is 11.5. The first-order valence-corrected chi connectivity index (χ1v) is 6.56. The van der Waals surface area contributed by atoms with Crippen molar-refractivity contribution in [1.82, 2.24) is 0 Å². The molecule has 0 spiro atoms. The van der Waals surface area contributed by atoms with E-state index < -0.39 is 10.1 Å². The van der Waals surface area contributed by atoms with Gasteiger partial charge in [-0.3, -0.25) is 9.35 Å². The molecule has 15 heavy (non-hydrogen) atoms. The molecule has 1 aliphatic rings. The minimum Gasteiger partial charge on any atom is -0.469 e. The molecule has 0 aliphatic heterocycles. The summed E-state index contributed by atoms with van der Waals surface area (Å²) >= 11 is 0. The van der Waals surface area contributed by atoms with Gasteiger partial charge in [-0.05, 0) is 31.6 Å². The van der Waals surface area contributed by atoms with E-state index in [0.717, 1.165) is 0 Å². The Kier molecular flexibility index (Phi) is 4.10. The zero-order valence-corrected chi connectivity index (χ0v) is 9.50. The van der Waals surface area contributed by atoms with Gasteiger partial charge in [-0.1, -0.05) is 0 Å². The third-order valence-corrected chi connectivity index (χ3v) is 3.72. The summed E-state index contributed by atoms with van der Waals surface area (Å²) in [6, 6.07) is 0. The van der Waals surface area contributed by atoms with Crippen molar-refractivity contribution in [2.45, 2.75) is 25.7 Å². The highest BCUT2D eigenvalue weighted by Crippen LogP contribution is 2.30. The largest absolute Gasteiger partial charge is 0.469 e. The van der Waals surface area contributed by atoms with Gasteiger partial charge in [0.15, 0.2) is 0 Å². The number of hydrogen-bond donors (Lipinski definition) is 1. The second kappa shape index (κ2) is 4.94. The van der Waals surface area contributed by atoms with Crippen molar-refractivity contribution >= 4 is 16.1 Å².